The van der Waals surface area contributed by atoms with E-state index in [9.17, 15) is 4.79 Å². The quantitative estimate of drug-likeness (QED) is 0.691. The molecule has 1 heterocycles. The zero-order valence-corrected chi connectivity index (χ0v) is 7.66. The van der Waals surface area contributed by atoms with Crippen molar-refractivity contribution in [3.05, 3.63) is 23.8 Å². The molecule has 0 bridgehead atoms. The van der Waals surface area contributed by atoms with Gasteiger partial charge in [-0.2, -0.15) is 0 Å². The van der Waals surface area contributed by atoms with Gasteiger partial charge in [-0.05, 0) is 26.0 Å². The van der Waals surface area contributed by atoms with Crippen molar-refractivity contribution in [2.45, 2.75) is 19.8 Å². The Morgan fingerprint density at radius 2 is 2.38 bits per heavy atom. The summed E-state index contributed by atoms with van der Waals surface area (Å²) >= 11 is 0. The summed E-state index contributed by atoms with van der Waals surface area (Å²) in [5.74, 6) is 0.662. The fourth-order valence-electron chi connectivity index (χ4n) is 1.00. The third kappa shape index (κ3) is 2.91. The summed E-state index contributed by atoms with van der Waals surface area (Å²) in [4.78, 5) is 19.3. The van der Waals surface area contributed by atoms with Crippen LogP contribution in [0.3, 0.4) is 0 Å². The first kappa shape index (κ1) is 9.80. The van der Waals surface area contributed by atoms with Gasteiger partial charge in [0, 0.05) is 12.6 Å². The van der Waals surface area contributed by atoms with E-state index in [1.165, 1.54) is 0 Å². The fraction of sp³-hybridized carbons (Fsp3) is 0.444. The van der Waals surface area contributed by atoms with Crippen LogP contribution in [0, 0.1) is 6.92 Å². The Kier molecular flexibility index (Phi) is 3.52. The second-order valence-corrected chi connectivity index (χ2v) is 2.80. The molecule has 13 heavy (non-hydrogen) atoms. The molecule has 0 aromatic carbocycles. The van der Waals surface area contributed by atoms with Crippen LogP contribution in [0.15, 0.2) is 12.3 Å². The third-order valence-electron chi connectivity index (χ3n) is 1.67. The van der Waals surface area contributed by atoms with E-state index in [2.05, 4.69) is 9.97 Å². The Morgan fingerprint density at radius 1 is 1.62 bits per heavy atom. The molecule has 0 fully saturated rings. The van der Waals surface area contributed by atoms with Crippen LogP contribution in [-0.2, 0) is 0 Å². The molecule has 0 aliphatic carbocycles. The smallest absolute Gasteiger partial charge is 0.181 e. The van der Waals surface area contributed by atoms with Crippen LogP contribution in [0.5, 0.6) is 0 Å². The summed E-state index contributed by atoms with van der Waals surface area (Å²) in [5.41, 5.74) is 5.79. The lowest BCUT2D eigenvalue weighted by Gasteiger charge is -1.98. The van der Waals surface area contributed by atoms with Crippen LogP contribution in [0.25, 0.3) is 0 Å². The molecule has 0 atom stereocenters. The maximum Gasteiger partial charge on any atom is 0.181 e. The van der Waals surface area contributed by atoms with Crippen molar-refractivity contribution < 1.29 is 4.79 Å². The van der Waals surface area contributed by atoms with Crippen molar-refractivity contribution in [2.24, 2.45) is 5.73 Å². The zero-order chi connectivity index (χ0) is 9.68. The maximum atomic E-state index is 11.4. The van der Waals surface area contributed by atoms with Crippen molar-refractivity contribution in [3.63, 3.8) is 0 Å². The molecule has 0 saturated carbocycles. The number of nitrogens with two attached hydrogens (primary N) is 1. The van der Waals surface area contributed by atoms with Crippen molar-refractivity contribution >= 4 is 5.78 Å². The SMILES string of the molecule is Cc1nccc(C(=O)CCCN)n1. The number of hydrogen-bond acceptors (Lipinski definition) is 4. The lowest BCUT2D eigenvalue weighted by Crippen LogP contribution is -2.07. The first-order chi connectivity index (χ1) is 6.24. The number of aromatic nitrogens is 2. The Labute approximate surface area is 77.2 Å². The minimum Gasteiger partial charge on any atom is -0.330 e. The largest absolute Gasteiger partial charge is 0.330 e. The number of carbonyl (C=O) groups excluding carboxylic acids is 1. The third-order valence-corrected chi connectivity index (χ3v) is 1.67. The summed E-state index contributed by atoms with van der Waals surface area (Å²) in [6, 6.07) is 1.63. The number of Topliss-reactive ketones (excluding diaryl/α,β-unsaturated/α-hetero) is 1. The first-order valence-corrected chi connectivity index (χ1v) is 4.27. The standard InChI is InChI=1S/C9H13N3O/c1-7-11-6-4-8(12-7)9(13)3-2-5-10/h4,6H,2-3,5,10H2,1H3. The Morgan fingerprint density at radius 3 is 3.00 bits per heavy atom. The van der Waals surface area contributed by atoms with E-state index in [1.54, 1.807) is 19.2 Å². The van der Waals surface area contributed by atoms with Gasteiger partial charge in [0.1, 0.15) is 11.5 Å². The van der Waals surface area contributed by atoms with Gasteiger partial charge in [-0.25, -0.2) is 9.97 Å². The molecule has 0 amide bonds. The highest BCUT2D eigenvalue weighted by Crippen LogP contribution is 2.01. The van der Waals surface area contributed by atoms with Crippen LogP contribution >= 0.6 is 0 Å². The topological polar surface area (TPSA) is 68.9 Å². The van der Waals surface area contributed by atoms with Gasteiger partial charge in [-0.15, -0.1) is 0 Å². The lowest BCUT2D eigenvalue weighted by molar-refractivity contribution is 0.0975. The van der Waals surface area contributed by atoms with Crippen LogP contribution in [0.2, 0.25) is 0 Å². The second kappa shape index (κ2) is 4.67. The molecule has 0 aliphatic rings. The molecule has 1 rings (SSSR count). The Bertz CT molecular complexity index is 299. The average Bonchev–Trinajstić information content (AvgIpc) is 2.14. The zero-order valence-electron chi connectivity index (χ0n) is 7.66. The molecular formula is C9H13N3O. The van der Waals surface area contributed by atoms with Crippen LogP contribution in [0.1, 0.15) is 29.2 Å². The highest BCUT2D eigenvalue weighted by Gasteiger charge is 2.06. The van der Waals surface area contributed by atoms with Crippen LogP contribution in [0.4, 0.5) is 0 Å². The predicted molar refractivity (Wildman–Crippen MR) is 49.4 cm³/mol. The molecule has 70 valence electrons. The van der Waals surface area contributed by atoms with Gasteiger partial charge in [-0.3, -0.25) is 4.79 Å². The molecule has 0 aliphatic heterocycles. The Hall–Kier alpha value is -1.29. The van der Waals surface area contributed by atoms with E-state index in [-0.39, 0.29) is 5.78 Å². The van der Waals surface area contributed by atoms with E-state index in [0.717, 1.165) is 0 Å². The molecule has 1 aromatic heterocycles. The van der Waals surface area contributed by atoms with E-state index < -0.39 is 0 Å². The van der Waals surface area contributed by atoms with Gasteiger partial charge in [-0.1, -0.05) is 0 Å². The van der Waals surface area contributed by atoms with Crippen molar-refractivity contribution in [3.8, 4) is 0 Å². The fourth-order valence-corrected chi connectivity index (χ4v) is 1.00. The molecule has 0 unspecified atom stereocenters. The molecule has 4 heteroatoms. The summed E-state index contributed by atoms with van der Waals surface area (Å²) < 4.78 is 0. The molecule has 1 aromatic rings. The molecule has 4 nitrogen and oxygen atoms in total. The molecule has 0 spiro atoms. The minimum absolute atomic E-state index is 0.0379. The molecule has 2 N–H and O–H groups in total. The van der Waals surface area contributed by atoms with E-state index in [0.29, 0.717) is 30.9 Å². The molecule has 0 saturated heterocycles. The highest BCUT2D eigenvalue weighted by molar-refractivity contribution is 5.94. The number of hydrogen-bond donors (Lipinski definition) is 1. The number of rotatable bonds is 4. The summed E-state index contributed by atoms with van der Waals surface area (Å²) in [5, 5.41) is 0. The van der Waals surface area contributed by atoms with Gasteiger partial charge < -0.3 is 5.73 Å². The summed E-state index contributed by atoms with van der Waals surface area (Å²) in [6.07, 6.45) is 2.77. The highest BCUT2D eigenvalue weighted by atomic mass is 16.1. The summed E-state index contributed by atoms with van der Waals surface area (Å²) in [7, 11) is 0. The van der Waals surface area contributed by atoms with Gasteiger partial charge in [0.15, 0.2) is 5.78 Å². The molecule has 0 radical (unpaired) electrons. The van der Waals surface area contributed by atoms with Crippen molar-refractivity contribution in [2.75, 3.05) is 6.54 Å². The van der Waals surface area contributed by atoms with E-state index >= 15 is 0 Å². The van der Waals surface area contributed by atoms with Gasteiger partial charge >= 0.3 is 0 Å². The van der Waals surface area contributed by atoms with E-state index in [1.807, 2.05) is 0 Å². The number of nitrogens with zero attached hydrogens (tertiary/aromatic N) is 2. The van der Waals surface area contributed by atoms with Crippen LogP contribution < -0.4 is 5.73 Å². The number of carbonyl (C=O) groups is 1. The predicted octanol–water partition coefficient (Wildman–Crippen LogP) is 0.707. The first-order valence-electron chi connectivity index (χ1n) is 4.27. The van der Waals surface area contributed by atoms with Gasteiger partial charge in [0.05, 0.1) is 0 Å². The van der Waals surface area contributed by atoms with E-state index in [4.69, 9.17) is 5.73 Å². The number of ketones is 1. The second-order valence-electron chi connectivity index (χ2n) is 2.80. The minimum atomic E-state index is 0.0379. The normalized spacial score (nSPS) is 10.0. The monoisotopic (exact) mass is 179 g/mol. The van der Waals surface area contributed by atoms with Gasteiger partial charge in [0.25, 0.3) is 0 Å². The average molecular weight is 179 g/mol. The van der Waals surface area contributed by atoms with Crippen LogP contribution in [-0.4, -0.2) is 22.3 Å². The van der Waals surface area contributed by atoms with Gasteiger partial charge in [0.2, 0.25) is 0 Å². The maximum absolute atomic E-state index is 11.4. The van der Waals surface area contributed by atoms with Crippen molar-refractivity contribution in [1.29, 1.82) is 0 Å². The summed E-state index contributed by atoms with van der Waals surface area (Å²) in [6.45, 7) is 2.30. The molecular weight excluding hydrogens is 166 g/mol. The lowest BCUT2D eigenvalue weighted by atomic mass is 10.1. The van der Waals surface area contributed by atoms with Crippen molar-refractivity contribution in [1.82, 2.24) is 9.97 Å². The number of aryl methyl sites for hydroxylation is 1. The Balaban J connectivity index is 2.66.